The lowest BCUT2D eigenvalue weighted by molar-refractivity contribution is 0.385. The van der Waals surface area contributed by atoms with Crippen molar-refractivity contribution in [2.45, 2.75) is 4.90 Å². The van der Waals surface area contributed by atoms with Gasteiger partial charge in [-0.1, -0.05) is 41.4 Å². The van der Waals surface area contributed by atoms with Crippen molar-refractivity contribution < 1.29 is 8.42 Å². The molecule has 1 aliphatic rings. The van der Waals surface area contributed by atoms with Crippen LogP contribution < -0.4 is 4.90 Å². The average molecular weight is 377 g/mol. The minimum absolute atomic E-state index is 0.109. The number of para-hydroxylation sites is 1. The summed E-state index contributed by atoms with van der Waals surface area (Å²) in [6.07, 6.45) is 0. The summed E-state index contributed by atoms with van der Waals surface area (Å²) in [5, 5.41) is 0. The summed E-state index contributed by atoms with van der Waals surface area (Å²) in [5.74, 6) is 0. The van der Waals surface area contributed by atoms with Crippen LogP contribution in [0.1, 0.15) is 0 Å². The minimum atomic E-state index is -3.58. The molecule has 4 nitrogen and oxygen atoms in total. The number of sulfonamides is 1. The van der Waals surface area contributed by atoms with Crippen LogP contribution >= 0.6 is 34.5 Å². The van der Waals surface area contributed by atoms with Crippen molar-refractivity contribution in [3.8, 4) is 0 Å². The van der Waals surface area contributed by atoms with E-state index in [4.69, 9.17) is 23.2 Å². The largest absolute Gasteiger partial charge is 0.369 e. The van der Waals surface area contributed by atoms with E-state index in [0.717, 1.165) is 17.0 Å². The van der Waals surface area contributed by atoms with Gasteiger partial charge in [-0.05, 0) is 18.2 Å². The number of hydrogen-bond acceptors (Lipinski definition) is 4. The molecular weight excluding hydrogens is 363 g/mol. The molecule has 0 amide bonds. The molecule has 1 saturated heterocycles. The molecule has 0 aliphatic carbocycles. The molecule has 1 aromatic carbocycles. The predicted octanol–water partition coefficient (Wildman–Crippen LogP) is 3.57. The fourth-order valence-corrected chi connectivity index (χ4v) is 6.00. The molecule has 0 N–H and O–H groups in total. The Morgan fingerprint density at radius 2 is 1.64 bits per heavy atom. The fraction of sp³-hybridized carbons (Fsp3) is 0.286. The molecule has 0 unspecified atom stereocenters. The summed E-state index contributed by atoms with van der Waals surface area (Å²) in [6.45, 7) is 2.17. The summed E-state index contributed by atoms with van der Waals surface area (Å²) >= 11 is 12.9. The van der Waals surface area contributed by atoms with Crippen molar-refractivity contribution in [3.05, 3.63) is 45.1 Å². The average Bonchev–Trinajstić information content (AvgIpc) is 2.88. The van der Waals surface area contributed by atoms with E-state index in [1.165, 1.54) is 10.4 Å². The topological polar surface area (TPSA) is 40.6 Å². The van der Waals surface area contributed by atoms with Gasteiger partial charge in [-0.25, -0.2) is 8.42 Å². The van der Waals surface area contributed by atoms with Crippen LogP contribution in [0, 0.1) is 0 Å². The second-order valence-electron chi connectivity index (χ2n) is 4.92. The molecule has 3 rings (SSSR count). The van der Waals surface area contributed by atoms with Crippen LogP contribution in [0.2, 0.25) is 8.67 Å². The highest BCUT2D eigenvalue weighted by Crippen LogP contribution is 2.36. The van der Waals surface area contributed by atoms with E-state index in [2.05, 4.69) is 4.90 Å². The third-order valence-electron chi connectivity index (χ3n) is 3.60. The van der Waals surface area contributed by atoms with Gasteiger partial charge >= 0.3 is 0 Å². The van der Waals surface area contributed by atoms with E-state index in [1.54, 1.807) is 0 Å². The van der Waals surface area contributed by atoms with Gasteiger partial charge in [-0.15, -0.1) is 11.3 Å². The first kappa shape index (κ1) is 16.1. The van der Waals surface area contributed by atoms with Gasteiger partial charge < -0.3 is 4.90 Å². The zero-order valence-corrected chi connectivity index (χ0v) is 14.7. The molecule has 2 aromatic rings. The lowest BCUT2D eigenvalue weighted by Gasteiger charge is -2.35. The van der Waals surface area contributed by atoms with Gasteiger partial charge in [-0.2, -0.15) is 4.31 Å². The molecule has 8 heteroatoms. The number of piperazine rings is 1. The molecule has 0 radical (unpaired) electrons. The Bertz CT molecular complexity index is 754. The number of nitrogens with zero attached hydrogens (tertiary/aromatic N) is 2. The van der Waals surface area contributed by atoms with Crippen LogP contribution in [0.25, 0.3) is 0 Å². The summed E-state index contributed by atoms with van der Waals surface area (Å²) in [4.78, 5) is 2.28. The first-order valence-corrected chi connectivity index (χ1v) is 9.75. The molecule has 118 valence electrons. The molecule has 1 aromatic heterocycles. The summed E-state index contributed by atoms with van der Waals surface area (Å²) in [7, 11) is -3.58. The van der Waals surface area contributed by atoms with Crippen LogP contribution in [0.15, 0.2) is 41.3 Å². The smallest absolute Gasteiger partial charge is 0.245 e. The summed E-state index contributed by atoms with van der Waals surface area (Å²) in [6, 6.07) is 11.4. The maximum Gasteiger partial charge on any atom is 0.245 e. The van der Waals surface area contributed by atoms with Crippen LogP contribution in [-0.4, -0.2) is 38.9 Å². The zero-order chi connectivity index (χ0) is 15.7. The zero-order valence-electron chi connectivity index (χ0n) is 11.6. The number of anilines is 1. The number of hydrogen-bond donors (Lipinski definition) is 0. The third-order valence-corrected chi connectivity index (χ3v) is 7.25. The number of thiophene rings is 1. The van der Waals surface area contributed by atoms with Crippen molar-refractivity contribution >= 4 is 50.2 Å². The van der Waals surface area contributed by atoms with Crippen molar-refractivity contribution in [1.29, 1.82) is 0 Å². The predicted molar refractivity (Wildman–Crippen MR) is 91.8 cm³/mol. The van der Waals surface area contributed by atoms with Gasteiger partial charge in [0, 0.05) is 31.9 Å². The van der Waals surface area contributed by atoms with E-state index in [-0.39, 0.29) is 9.23 Å². The molecule has 0 spiro atoms. The van der Waals surface area contributed by atoms with Crippen LogP contribution in [0.5, 0.6) is 0 Å². The number of rotatable bonds is 3. The summed E-state index contributed by atoms with van der Waals surface area (Å²) in [5.41, 5.74) is 1.11. The monoisotopic (exact) mass is 376 g/mol. The Kier molecular flexibility index (Phi) is 4.66. The van der Waals surface area contributed by atoms with Crippen molar-refractivity contribution in [2.75, 3.05) is 31.1 Å². The molecule has 1 aliphatic heterocycles. The molecular formula is C14H14Cl2N2O2S2. The first-order valence-electron chi connectivity index (χ1n) is 6.73. The Morgan fingerprint density at radius 3 is 2.18 bits per heavy atom. The highest BCUT2D eigenvalue weighted by molar-refractivity contribution is 7.89. The van der Waals surface area contributed by atoms with Crippen molar-refractivity contribution in [3.63, 3.8) is 0 Å². The van der Waals surface area contributed by atoms with Crippen LogP contribution in [0.3, 0.4) is 0 Å². The van der Waals surface area contributed by atoms with Gasteiger partial charge in [0.05, 0.1) is 4.34 Å². The summed E-state index contributed by atoms with van der Waals surface area (Å²) < 4.78 is 27.3. The molecule has 1 fully saturated rings. The highest BCUT2D eigenvalue weighted by Gasteiger charge is 2.31. The highest BCUT2D eigenvalue weighted by atomic mass is 35.5. The normalized spacial score (nSPS) is 16.9. The molecule has 0 atom stereocenters. The maximum atomic E-state index is 12.6. The van der Waals surface area contributed by atoms with Gasteiger partial charge in [0.2, 0.25) is 10.0 Å². The van der Waals surface area contributed by atoms with Crippen LogP contribution in [-0.2, 0) is 10.0 Å². The van der Waals surface area contributed by atoms with E-state index in [1.807, 2.05) is 30.3 Å². The van der Waals surface area contributed by atoms with E-state index < -0.39 is 10.0 Å². The fourth-order valence-electron chi connectivity index (χ4n) is 2.47. The third kappa shape index (κ3) is 3.12. The SMILES string of the molecule is O=S(=O)(c1cc(Cl)sc1Cl)N1CCN(c2ccccc2)CC1. The molecule has 22 heavy (non-hydrogen) atoms. The second kappa shape index (κ2) is 6.37. The Balaban J connectivity index is 1.75. The van der Waals surface area contributed by atoms with Gasteiger partial charge in [-0.3, -0.25) is 0 Å². The van der Waals surface area contributed by atoms with Gasteiger partial charge in [0.1, 0.15) is 9.23 Å². The van der Waals surface area contributed by atoms with Crippen molar-refractivity contribution in [1.82, 2.24) is 4.31 Å². The quantitative estimate of drug-likeness (QED) is 0.821. The Labute approximate surface area is 143 Å². The molecule has 0 bridgehead atoms. The van der Waals surface area contributed by atoms with E-state index >= 15 is 0 Å². The van der Waals surface area contributed by atoms with Crippen molar-refractivity contribution in [2.24, 2.45) is 0 Å². The standard InChI is InChI=1S/C14H14Cl2N2O2S2/c15-13-10-12(14(16)21-13)22(19,20)18-8-6-17(7-9-18)11-4-2-1-3-5-11/h1-5,10H,6-9H2. The minimum Gasteiger partial charge on any atom is -0.369 e. The first-order chi connectivity index (χ1) is 10.5. The van der Waals surface area contributed by atoms with Gasteiger partial charge in [0.25, 0.3) is 0 Å². The van der Waals surface area contributed by atoms with Gasteiger partial charge in [0.15, 0.2) is 0 Å². The lowest BCUT2D eigenvalue weighted by atomic mass is 10.2. The Morgan fingerprint density at radius 1 is 1.00 bits per heavy atom. The number of halogens is 2. The maximum absolute atomic E-state index is 12.6. The van der Waals surface area contributed by atoms with E-state index in [9.17, 15) is 8.42 Å². The molecule has 2 heterocycles. The lowest BCUT2D eigenvalue weighted by Crippen LogP contribution is -2.48. The van der Waals surface area contributed by atoms with Crippen LogP contribution in [0.4, 0.5) is 5.69 Å². The van der Waals surface area contributed by atoms with E-state index in [0.29, 0.717) is 30.5 Å². The Hall–Kier alpha value is -0.790. The second-order valence-corrected chi connectivity index (χ2v) is 9.11. The number of benzene rings is 1. The molecule has 0 saturated carbocycles.